The summed E-state index contributed by atoms with van der Waals surface area (Å²) in [5.74, 6) is 0.418. The molecule has 2 heterocycles. The van der Waals surface area contributed by atoms with Gasteiger partial charge in [0.15, 0.2) is 5.78 Å². The van der Waals surface area contributed by atoms with Crippen molar-refractivity contribution in [2.75, 3.05) is 14.2 Å². The molecule has 5 heteroatoms. The van der Waals surface area contributed by atoms with Crippen molar-refractivity contribution in [2.45, 2.75) is 44.3 Å². The highest BCUT2D eigenvalue weighted by atomic mass is 16.5. The van der Waals surface area contributed by atoms with Crippen LogP contribution in [0.4, 0.5) is 0 Å². The molecule has 3 atom stereocenters. The van der Waals surface area contributed by atoms with Gasteiger partial charge < -0.3 is 9.47 Å². The lowest BCUT2D eigenvalue weighted by molar-refractivity contribution is -0.167. The molecule has 0 saturated carbocycles. The number of benzene rings is 2. The number of fused-ring (bicyclic) bond motifs is 2. The Hall–Kier alpha value is -2.66. The Labute approximate surface area is 171 Å². The number of rotatable bonds is 6. The van der Waals surface area contributed by atoms with E-state index in [4.69, 9.17) is 9.47 Å². The second-order valence-electron chi connectivity index (χ2n) is 8.02. The van der Waals surface area contributed by atoms with Crippen LogP contribution in [0.1, 0.15) is 30.4 Å². The first-order valence-electron chi connectivity index (χ1n) is 10.1. The van der Waals surface area contributed by atoms with Gasteiger partial charge in [-0.15, -0.1) is 0 Å². The fourth-order valence-corrected chi connectivity index (χ4v) is 5.13. The molecule has 29 heavy (non-hydrogen) atoms. The highest BCUT2D eigenvalue weighted by Gasteiger charge is 2.61. The molecule has 2 fully saturated rings. The average Bonchev–Trinajstić information content (AvgIpc) is 3.07. The lowest BCUT2D eigenvalue weighted by Crippen LogP contribution is -2.61. The van der Waals surface area contributed by atoms with Crippen molar-refractivity contribution in [1.29, 1.82) is 0 Å². The van der Waals surface area contributed by atoms with Crippen LogP contribution in [-0.2, 0) is 27.3 Å². The van der Waals surface area contributed by atoms with Crippen molar-refractivity contribution in [3.05, 3.63) is 65.7 Å². The molecule has 2 aliphatic heterocycles. The van der Waals surface area contributed by atoms with E-state index in [1.54, 1.807) is 7.11 Å². The maximum absolute atomic E-state index is 13.3. The Morgan fingerprint density at radius 1 is 1.07 bits per heavy atom. The second kappa shape index (κ2) is 7.99. The predicted molar refractivity (Wildman–Crippen MR) is 110 cm³/mol. The van der Waals surface area contributed by atoms with Gasteiger partial charge in [0, 0.05) is 25.0 Å². The van der Waals surface area contributed by atoms with E-state index in [1.165, 1.54) is 7.11 Å². The van der Waals surface area contributed by atoms with Crippen LogP contribution in [0.5, 0.6) is 5.75 Å². The molecule has 2 aromatic carbocycles. The molecule has 0 aromatic heterocycles. The van der Waals surface area contributed by atoms with Crippen molar-refractivity contribution in [2.24, 2.45) is 5.41 Å². The van der Waals surface area contributed by atoms with E-state index >= 15 is 0 Å². The van der Waals surface area contributed by atoms with Gasteiger partial charge >= 0.3 is 5.97 Å². The number of Topliss-reactive ketones (excluding diaryl/α,β-unsaturated/α-hetero) is 1. The van der Waals surface area contributed by atoms with Gasteiger partial charge in [-0.1, -0.05) is 42.5 Å². The number of carbonyl (C=O) groups is 2. The summed E-state index contributed by atoms with van der Waals surface area (Å²) in [7, 11) is 3.04. The summed E-state index contributed by atoms with van der Waals surface area (Å²) in [6.45, 7) is 0.688. The summed E-state index contributed by atoms with van der Waals surface area (Å²) in [6, 6.07) is 17.8. The number of nitrogens with zero attached hydrogens (tertiary/aromatic N) is 1. The van der Waals surface area contributed by atoms with E-state index in [2.05, 4.69) is 11.0 Å². The molecular formula is C24H27NO4. The van der Waals surface area contributed by atoms with Gasteiger partial charge in [-0.3, -0.25) is 14.5 Å². The molecule has 2 saturated heterocycles. The minimum atomic E-state index is -1.15. The van der Waals surface area contributed by atoms with Crippen molar-refractivity contribution in [1.82, 2.24) is 4.90 Å². The van der Waals surface area contributed by atoms with Crippen LogP contribution in [0.2, 0.25) is 0 Å². The van der Waals surface area contributed by atoms with Crippen molar-refractivity contribution in [3.8, 4) is 5.75 Å². The highest BCUT2D eigenvalue weighted by molar-refractivity contribution is 6.06. The highest BCUT2D eigenvalue weighted by Crippen LogP contribution is 2.48. The predicted octanol–water partition coefficient (Wildman–Crippen LogP) is 3.40. The van der Waals surface area contributed by atoms with Crippen LogP contribution in [0, 0.1) is 5.41 Å². The van der Waals surface area contributed by atoms with E-state index in [9.17, 15) is 9.59 Å². The zero-order valence-corrected chi connectivity index (χ0v) is 17.0. The standard InChI is InChI=1S/C24H27NO4/c1-28-20-10-6-9-18(13-20)16-25-19-11-12-21(25)24(22(26)14-19,23(27)29-2)15-17-7-4-3-5-8-17/h3-10,13,19,21H,11-12,14-16H2,1-2H3. The quantitative estimate of drug-likeness (QED) is 0.556. The molecule has 2 bridgehead atoms. The van der Waals surface area contributed by atoms with Gasteiger partial charge in [0.2, 0.25) is 0 Å². The largest absolute Gasteiger partial charge is 0.497 e. The van der Waals surface area contributed by atoms with Crippen LogP contribution >= 0.6 is 0 Å². The van der Waals surface area contributed by atoms with E-state index < -0.39 is 11.4 Å². The number of methoxy groups -OCH3 is 2. The summed E-state index contributed by atoms with van der Waals surface area (Å²) in [5, 5.41) is 0. The number of ether oxygens (including phenoxy) is 2. The number of carbonyl (C=O) groups excluding carboxylic acids is 2. The maximum atomic E-state index is 13.3. The van der Waals surface area contributed by atoms with E-state index in [1.807, 2.05) is 48.5 Å². The molecule has 152 valence electrons. The summed E-state index contributed by atoms with van der Waals surface area (Å²) in [5.41, 5.74) is 0.953. The van der Waals surface area contributed by atoms with Crippen molar-refractivity contribution < 1.29 is 19.1 Å². The van der Waals surface area contributed by atoms with Crippen LogP contribution in [0.15, 0.2) is 54.6 Å². The van der Waals surface area contributed by atoms with E-state index in [-0.39, 0.29) is 17.9 Å². The molecule has 0 radical (unpaired) electrons. The first kappa shape index (κ1) is 19.6. The molecule has 2 aromatic rings. The zero-order chi connectivity index (χ0) is 20.4. The maximum Gasteiger partial charge on any atom is 0.321 e. The Morgan fingerprint density at radius 3 is 2.55 bits per heavy atom. The third-order valence-corrected chi connectivity index (χ3v) is 6.50. The first-order chi connectivity index (χ1) is 14.1. The van der Waals surface area contributed by atoms with Crippen molar-refractivity contribution >= 4 is 11.8 Å². The van der Waals surface area contributed by atoms with Gasteiger partial charge in [-0.25, -0.2) is 0 Å². The number of esters is 1. The summed E-state index contributed by atoms with van der Waals surface area (Å²) >= 11 is 0. The molecule has 0 amide bonds. The fourth-order valence-electron chi connectivity index (χ4n) is 5.13. The normalized spacial score (nSPS) is 26.3. The van der Waals surface area contributed by atoms with Crippen molar-refractivity contribution in [3.63, 3.8) is 0 Å². The summed E-state index contributed by atoms with van der Waals surface area (Å²) in [4.78, 5) is 28.8. The first-order valence-corrected chi connectivity index (χ1v) is 10.1. The number of ketones is 1. The molecule has 3 unspecified atom stereocenters. The Balaban J connectivity index is 1.70. The average molecular weight is 393 g/mol. The monoisotopic (exact) mass is 393 g/mol. The van der Waals surface area contributed by atoms with Crippen LogP contribution in [0.3, 0.4) is 0 Å². The van der Waals surface area contributed by atoms with Crippen LogP contribution < -0.4 is 4.74 Å². The minimum Gasteiger partial charge on any atom is -0.497 e. The van der Waals surface area contributed by atoms with E-state index in [0.29, 0.717) is 19.4 Å². The Kier molecular flexibility index (Phi) is 5.41. The molecule has 0 aliphatic carbocycles. The second-order valence-corrected chi connectivity index (χ2v) is 8.02. The summed E-state index contributed by atoms with van der Waals surface area (Å²) in [6.07, 6.45) is 2.52. The topological polar surface area (TPSA) is 55.8 Å². The van der Waals surface area contributed by atoms with Gasteiger partial charge in [0.25, 0.3) is 0 Å². The van der Waals surface area contributed by atoms with Gasteiger partial charge in [0.05, 0.1) is 14.2 Å². The summed E-state index contributed by atoms with van der Waals surface area (Å²) < 4.78 is 10.6. The van der Waals surface area contributed by atoms with Crippen LogP contribution in [-0.4, -0.2) is 43.0 Å². The fraction of sp³-hybridized carbons (Fsp3) is 0.417. The van der Waals surface area contributed by atoms with Gasteiger partial charge in [0.1, 0.15) is 11.2 Å². The molecular weight excluding hydrogens is 366 g/mol. The number of piperidine rings is 1. The Morgan fingerprint density at radius 2 is 1.83 bits per heavy atom. The third kappa shape index (κ3) is 3.44. The van der Waals surface area contributed by atoms with Gasteiger partial charge in [-0.2, -0.15) is 0 Å². The molecule has 0 N–H and O–H groups in total. The molecule has 4 rings (SSSR count). The molecule has 0 spiro atoms. The smallest absolute Gasteiger partial charge is 0.321 e. The molecule has 2 aliphatic rings. The van der Waals surface area contributed by atoms with Crippen LogP contribution in [0.25, 0.3) is 0 Å². The minimum absolute atomic E-state index is 0.0163. The zero-order valence-electron chi connectivity index (χ0n) is 17.0. The number of hydrogen-bond acceptors (Lipinski definition) is 5. The number of hydrogen-bond donors (Lipinski definition) is 0. The van der Waals surface area contributed by atoms with Gasteiger partial charge in [-0.05, 0) is 42.5 Å². The lowest BCUT2D eigenvalue weighted by Gasteiger charge is -2.45. The lowest BCUT2D eigenvalue weighted by atomic mass is 9.68. The molecule has 5 nitrogen and oxygen atoms in total. The third-order valence-electron chi connectivity index (χ3n) is 6.50. The SMILES string of the molecule is COC(=O)C1(Cc2ccccc2)C(=O)CC2CCC1N2Cc1cccc(OC)c1. The Bertz CT molecular complexity index is 897. The van der Waals surface area contributed by atoms with E-state index in [0.717, 1.165) is 29.7 Å².